The lowest BCUT2D eigenvalue weighted by atomic mass is 9.83. The van der Waals surface area contributed by atoms with Crippen molar-refractivity contribution in [3.8, 4) is 11.8 Å². The maximum Gasteiger partial charge on any atom is 0.254 e. The minimum Gasteiger partial charge on any atom is -0.489 e. The van der Waals surface area contributed by atoms with Gasteiger partial charge in [0.25, 0.3) is 5.91 Å². The monoisotopic (exact) mass is 518 g/mol. The number of nitrogens with zero attached hydrogens (tertiary/aromatic N) is 3. The highest BCUT2D eigenvalue weighted by Crippen LogP contribution is 2.37. The summed E-state index contributed by atoms with van der Waals surface area (Å²) in [4.78, 5) is 28.7. The van der Waals surface area contributed by atoms with Gasteiger partial charge in [-0.25, -0.2) is 4.39 Å². The lowest BCUT2D eigenvalue weighted by Crippen LogP contribution is -2.57. The molecule has 2 amide bonds. The van der Waals surface area contributed by atoms with E-state index in [0.717, 1.165) is 55.6 Å². The Hall–Kier alpha value is -3.48. The number of nitriles is 1. The molecule has 0 aromatic heterocycles. The van der Waals surface area contributed by atoms with E-state index in [1.165, 1.54) is 12.1 Å². The SMILES string of the molecule is N#Cc1cc(F)ccc1C1CN(C2CCCC[C@H]2Oc2ccc3c(c2)CN(C2CCC(=O)NC2O)C3=O)C1. The number of carbonyl (C=O) groups is 2. The Morgan fingerprint density at radius 1 is 1.05 bits per heavy atom. The first-order valence-electron chi connectivity index (χ1n) is 13.4. The number of rotatable bonds is 5. The predicted octanol–water partition coefficient (Wildman–Crippen LogP) is 3.04. The third-order valence-electron chi connectivity index (χ3n) is 8.56. The van der Waals surface area contributed by atoms with Gasteiger partial charge in [-0.05, 0) is 67.1 Å². The second-order valence-corrected chi connectivity index (χ2v) is 10.9. The third kappa shape index (κ3) is 4.52. The Morgan fingerprint density at radius 2 is 1.87 bits per heavy atom. The number of carbonyl (C=O) groups excluding carboxylic acids is 2. The van der Waals surface area contributed by atoms with Crippen LogP contribution in [0.3, 0.4) is 0 Å². The van der Waals surface area contributed by atoms with Gasteiger partial charge in [0.05, 0.1) is 17.7 Å². The Bertz CT molecular complexity index is 1300. The molecule has 0 spiro atoms. The number of aliphatic hydroxyl groups excluding tert-OH is 1. The van der Waals surface area contributed by atoms with Gasteiger partial charge in [-0.3, -0.25) is 14.5 Å². The zero-order valence-corrected chi connectivity index (χ0v) is 21.1. The topological polar surface area (TPSA) is 106 Å². The molecule has 2 aromatic carbocycles. The summed E-state index contributed by atoms with van der Waals surface area (Å²) in [5.74, 6) is 0.224. The Kier molecular flexibility index (Phi) is 6.54. The molecule has 2 aromatic rings. The van der Waals surface area contributed by atoms with Crippen molar-refractivity contribution in [3.05, 3.63) is 64.5 Å². The first-order chi connectivity index (χ1) is 18.4. The molecule has 3 heterocycles. The van der Waals surface area contributed by atoms with E-state index in [2.05, 4.69) is 16.3 Å². The quantitative estimate of drug-likeness (QED) is 0.631. The summed E-state index contributed by atoms with van der Waals surface area (Å²) in [6.07, 6.45) is 3.90. The van der Waals surface area contributed by atoms with Gasteiger partial charge >= 0.3 is 0 Å². The molecule has 1 aliphatic carbocycles. The molecule has 3 fully saturated rings. The van der Waals surface area contributed by atoms with E-state index in [1.807, 2.05) is 12.1 Å². The zero-order chi connectivity index (χ0) is 26.4. The average molecular weight is 519 g/mol. The molecule has 38 heavy (non-hydrogen) atoms. The molecule has 198 valence electrons. The van der Waals surface area contributed by atoms with E-state index in [1.54, 1.807) is 17.0 Å². The van der Waals surface area contributed by atoms with E-state index in [4.69, 9.17) is 4.74 Å². The van der Waals surface area contributed by atoms with Crippen molar-refractivity contribution >= 4 is 11.8 Å². The van der Waals surface area contributed by atoms with E-state index < -0.39 is 12.3 Å². The van der Waals surface area contributed by atoms with Crippen LogP contribution >= 0.6 is 0 Å². The maximum absolute atomic E-state index is 13.6. The molecule has 3 unspecified atom stereocenters. The van der Waals surface area contributed by atoms with Crippen LogP contribution in [0.4, 0.5) is 4.39 Å². The van der Waals surface area contributed by atoms with Crippen LogP contribution in [0.15, 0.2) is 36.4 Å². The predicted molar refractivity (Wildman–Crippen MR) is 136 cm³/mol. The number of piperidine rings is 1. The molecule has 9 heteroatoms. The van der Waals surface area contributed by atoms with Crippen LogP contribution in [0.1, 0.15) is 71.5 Å². The number of amides is 2. The molecule has 6 rings (SSSR count). The van der Waals surface area contributed by atoms with Gasteiger partial charge < -0.3 is 20.1 Å². The van der Waals surface area contributed by atoms with Gasteiger partial charge in [-0.2, -0.15) is 5.26 Å². The van der Waals surface area contributed by atoms with Gasteiger partial charge in [0.1, 0.15) is 23.9 Å². The highest BCUT2D eigenvalue weighted by Gasteiger charge is 2.41. The van der Waals surface area contributed by atoms with E-state index in [0.29, 0.717) is 24.1 Å². The molecule has 0 radical (unpaired) electrons. The number of likely N-dealkylation sites (tertiary alicyclic amines) is 1. The first kappa shape index (κ1) is 24.8. The highest BCUT2D eigenvalue weighted by atomic mass is 19.1. The number of aliphatic hydroxyl groups is 1. The van der Waals surface area contributed by atoms with Gasteiger partial charge in [0, 0.05) is 43.6 Å². The molecule has 4 aliphatic rings. The van der Waals surface area contributed by atoms with E-state index >= 15 is 0 Å². The minimum atomic E-state index is -1.06. The summed E-state index contributed by atoms with van der Waals surface area (Å²) < 4.78 is 20.1. The summed E-state index contributed by atoms with van der Waals surface area (Å²) in [7, 11) is 0. The number of halogens is 1. The van der Waals surface area contributed by atoms with Gasteiger partial charge in [-0.15, -0.1) is 0 Å². The normalized spacial score (nSPS) is 27.9. The summed E-state index contributed by atoms with van der Waals surface area (Å²) in [6.45, 7) is 2.02. The molecule has 4 atom stereocenters. The van der Waals surface area contributed by atoms with Crippen LogP contribution in [0.2, 0.25) is 0 Å². The molecule has 1 saturated carbocycles. The van der Waals surface area contributed by atoms with Crippen LogP contribution in [0.5, 0.6) is 5.75 Å². The Balaban J connectivity index is 1.12. The molecule has 0 bridgehead atoms. The molecular weight excluding hydrogens is 487 g/mol. The average Bonchev–Trinajstić information content (AvgIpc) is 3.20. The van der Waals surface area contributed by atoms with Crippen molar-refractivity contribution in [2.75, 3.05) is 13.1 Å². The minimum absolute atomic E-state index is 0.0231. The van der Waals surface area contributed by atoms with Crippen LogP contribution in [0, 0.1) is 17.1 Å². The van der Waals surface area contributed by atoms with Crippen LogP contribution < -0.4 is 10.1 Å². The number of fused-ring (bicyclic) bond motifs is 1. The number of nitrogens with one attached hydrogen (secondary N) is 1. The fraction of sp³-hybridized carbons (Fsp3) is 0.483. The smallest absolute Gasteiger partial charge is 0.254 e. The molecular formula is C29H31FN4O4. The number of hydrogen-bond donors (Lipinski definition) is 2. The third-order valence-corrected chi connectivity index (χ3v) is 8.56. The lowest BCUT2D eigenvalue weighted by molar-refractivity contribution is -0.129. The van der Waals surface area contributed by atoms with Crippen molar-refractivity contribution in [3.63, 3.8) is 0 Å². The fourth-order valence-corrected chi connectivity index (χ4v) is 6.53. The van der Waals surface area contributed by atoms with Crippen molar-refractivity contribution in [1.82, 2.24) is 15.1 Å². The Morgan fingerprint density at radius 3 is 2.66 bits per heavy atom. The summed E-state index contributed by atoms with van der Waals surface area (Å²) >= 11 is 0. The molecule has 2 saturated heterocycles. The van der Waals surface area contributed by atoms with Gasteiger partial charge in [0.2, 0.25) is 5.91 Å². The lowest BCUT2D eigenvalue weighted by Gasteiger charge is -2.48. The number of benzene rings is 2. The van der Waals surface area contributed by atoms with Crippen LogP contribution in [-0.4, -0.2) is 64.2 Å². The summed E-state index contributed by atoms with van der Waals surface area (Å²) in [5.41, 5.74) is 2.80. The van der Waals surface area contributed by atoms with Crippen molar-refractivity contribution in [2.45, 2.75) is 75.4 Å². The van der Waals surface area contributed by atoms with Crippen molar-refractivity contribution in [1.29, 1.82) is 5.26 Å². The summed E-state index contributed by atoms with van der Waals surface area (Å²) in [5, 5.41) is 22.3. The van der Waals surface area contributed by atoms with E-state index in [9.17, 15) is 24.3 Å². The van der Waals surface area contributed by atoms with Gasteiger partial charge in [-0.1, -0.05) is 12.5 Å². The van der Waals surface area contributed by atoms with Crippen molar-refractivity contribution < 1.29 is 23.8 Å². The number of hydrogen-bond acceptors (Lipinski definition) is 6. The molecule has 8 nitrogen and oxygen atoms in total. The van der Waals surface area contributed by atoms with Crippen molar-refractivity contribution in [2.24, 2.45) is 0 Å². The second kappa shape index (κ2) is 10.0. The second-order valence-electron chi connectivity index (χ2n) is 10.9. The number of ether oxygens (including phenoxy) is 1. The molecule has 3 aliphatic heterocycles. The highest BCUT2D eigenvalue weighted by molar-refractivity contribution is 5.99. The maximum atomic E-state index is 13.6. The standard InChI is InChI=1S/C29H31FN4O4/c30-20-5-7-22(17(11-20)13-31)19-14-33(15-19)24-3-1-2-4-26(24)38-21-6-8-23-18(12-21)16-34(29(23)37)25-9-10-27(35)32-28(25)36/h5-8,11-12,19,24-26,28,36H,1-4,9-10,14-16H2,(H,32,35)/t24?,25?,26-,28?/m1/s1. The Labute approximate surface area is 221 Å². The zero-order valence-electron chi connectivity index (χ0n) is 21.1. The fourth-order valence-electron chi connectivity index (χ4n) is 6.53. The van der Waals surface area contributed by atoms with Crippen LogP contribution in [-0.2, 0) is 11.3 Å². The van der Waals surface area contributed by atoms with E-state index in [-0.39, 0.29) is 42.1 Å². The largest absolute Gasteiger partial charge is 0.489 e. The van der Waals surface area contributed by atoms with Gasteiger partial charge in [0.15, 0.2) is 0 Å². The first-order valence-corrected chi connectivity index (χ1v) is 13.4. The van der Waals surface area contributed by atoms with Crippen LogP contribution in [0.25, 0.3) is 0 Å². The summed E-state index contributed by atoms with van der Waals surface area (Å²) in [6, 6.07) is 12.0. The molecule has 2 N–H and O–H groups in total.